The molecule has 0 aliphatic carbocycles. The zero-order valence-corrected chi connectivity index (χ0v) is 18.9. The highest BCUT2D eigenvalue weighted by atomic mass is 16.5. The van der Waals surface area contributed by atoms with Crippen molar-refractivity contribution < 1.29 is 9.53 Å². The van der Waals surface area contributed by atoms with Crippen molar-refractivity contribution in [1.82, 2.24) is 29.3 Å². The monoisotopic (exact) mass is 445 g/mol. The Morgan fingerprint density at radius 3 is 2.85 bits per heavy atom. The van der Waals surface area contributed by atoms with E-state index in [0.717, 1.165) is 67.6 Å². The van der Waals surface area contributed by atoms with Gasteiger partial charge in [-0.15, -0.1) is 0 Å². The second-order valence-corrected chi connectivity index (χ2v) is 8.15. The minimum absolute atomic E-state index is 0.237. The maximum absolute atomic E-state index is 13.1. The highest BCUT2D eigenvalue weighted by Gasteiger charge is 2.18. The number of ether oxygens (including phenoxy) is 1. The van der Waals surface area contributed by atoms with Crippen molar-refractivity contribution in [2.75, 3.05) is 31.6 Å². The SMILES string of the molecule is CCn1cc(-c2ccnc3c(C(=O)Nc4cccc(CN5CCOCC5)c4)cnn23)c(C)n1. The molecule has 0 radical (unpaired) electrons. The zero-order valence-electron chi connectivity index (χ0n) is 18.9. The van der Waals surface area contributed by atoms with Crippen molar-refractivity contribution in [2.24, 2.45) is 0 Å². The van der Waals surface area contributed by atoms with Gasteiger partial charge in [-0.05, 0) is 37.6 Å². The summed E-state index contributed by atoms with van der Waals surface area (Å²) in [5, 5.41) is 12.0. The summed E-state index contributed by atoms with van der Waals surface area (Å²) in [6.07, 6.45) is 5.26. The van der Waals surface area contributed by atoms with Crippen LogP contribution >= 0.6 is 0 Å². The van der Waals surface area contributed by atoms with E-state index in [1.807, 2.05) is 49.0 Å². The van der Waals surface area contributed by atoms with Crippen LogP contribution in [-0.4, -0.2) is 61.5 Å². The predicted molar refractivity (Wildman–Crippen MR) is 125 cm³/mol. The molecule has 1 aromatic carbocycles. The van der Waals surface area contributed by atoms with Crippen LogP contribution in [0, 0.1) is 6.92 Å². The van der Waals surface area contributed by atoms with Crippen LogP contribution in [0.2, 0.25) is 0 Å². The summed E-state index contributed by atoms with van der Waals surface area (Å²) in [6, 6.07) is 9.84. The number of hydrogen-bond acceptors (Lipinski definition) is 6. The molecule has 9 nitrogen and oxygen atoms in total. The summed E-state index contributed by atoms with van der Waals surface area (Å²) >= 11 is 0. The maximum Gasteiger partial charge on any atom is 0.261 e. The first kappa shape index (κ1) is 21.3. The number of amides is 1. The summed E-state index contributed by atoms with van der Waals surface area (Å²) in [5.41, 5.74) is 5.57. The molecule has 0 unspecified atom stereocenters. The van der Waals surface area contributed by atoms with Gasteiger partial charge in [-0.3, -0.25) is 14.4 Å². The van der Waals surface area contributed by atoms with E-state index in [4.69, 9.17) is 4.74 Å². The molecule has 3 aromatic heterocycles. The highest BCUT2D eigenvalue weighted by Crippen LogP contribution is 2.24. The quantitative estimate of drug-likeness (QED) is 0.491. The van der Waals surface area contributed by atoms with Crippen LogP contribution in [0.4, 0.5) is 5.69 Å². The number of hydrogen-bond donors (Lipinski definition) is 1. The average Bonchev–Trinajstić information content (AvgIpc) is 3.43. The lowest BCUT2D eigenvalue weighted by Gasteiger charge is -2.26. The minimum atomic E-state index is -0.237. The number of anilines is 1. The second-order valence-electron chi connectivity index (χ2n) is 8.15. The first-order valence-corrected chi connectivity index (χ1v) is 11.2. The number of carbonyl (C=O) groups excluding carboxylic acids is 1. The fourth-order valence-electron chi connectivity index (χ4n) is 4.15. The largest absolute Gasteiger partial charge is 0.379 e. The van der Waals surface area contributed by atoms with E-state index in [9.17, 15) is 4.79 Å². The molecule has 1 aliphatic rings. The van der Waals surface area contributed by atoms with E-state index in [1.54, 1.807) is 16.9 Å². The van der Waals surface area contributed by atoms with E-state index in [2.05, 4.69) is 31.5 Å². The van der Waals surface area contributed by atoms with Crippen molar-refractivity contribution in [3.63, 3.8) is 0 Å². The fraction of sp³-hybridized carbons (Fsp3) is 0.333. The van der Waals surface area contributed by atoms with Gasteiger partial charge in [0.05, 0.1) is 30.8 Å². The number of nitrogens with one attached hydrogen (secondary N) is 1. The normalized spacial score (nSPS) is 14.6. The van der Waals surface area contributed by atoms with E-state index in [-0.39, 0.29) is 5.91 Å². The van der Waals surface area contributed by atoms with Crippen molar-refractivity contribution in [2.45, 2.75) is 26.9 Å². The van der Waals surface area contributed by atoms with Gasteiger partial charge in [0, 0.05) is 49.8 Å². The Balaban J connectivity index is 1.38. The molecule has 4 aromatic rings. The molecule has 0 spiro atoms. The Labute approximate surface area is 192 Å². The van der Waals surface area contributed by atoms with Gasteiger partial charge in [0.1, 0.15) is 5.56 Å². The number of fused-ring (bicyclic) bond motifs is 1. The lowest BCUT2D eigenvalue weighted by Crippen LogP contribution is -2.35. The Morgan fingerprint density at radius 2 is 2.06 bits per heavy atom. The summed E-state index contributed by atoms with van der Waals surface area (Å²) in [4.78, 5) is 19.9. The maximum atomic E-state index is 13.1. The topological polar surface area (TPSA) is 89.6 Å². The molecule has 1 fully saturated rings. The summed E-state index contributed by atoms with van der Waals surface area (Å²) in [7, 11) is 0. The van der Waals surface area contributed by atoms with E-state index < -0.39 is 0 Å². The van der Waals surface area contributed by atoms with Crippen LogP contribution in [0.5, 0.6) is 0 Å². The number of benzene rings is 1. The summed E-state index contributed by atoms with van der Waals surface area (Å²) < 4.78 is 9.01. The molecule has 0 atom stereocenters. The van der Waals surface area contributed by atoms with Crippen LogP contribution < -0.4 is 5.32 Å². The summed E-state index contributed by atoms with van der Waals surface area (Å²) in [5.74, 6) is -0.237. The van der Waals surface area contributed by atoms with E-state index in [1.165, 1.54) is 0 Å². The number of rotatable bonds is 6. The van der Waals surface area contributed by atoms with Crippen LogP contribution in [-0.2, 0) is 17.8 Å². The molecule has 5 rings (SSSR count). The lowest BCUT2D eigenvalue weighted by atomic mass is 10.1. The van der Waals surface area contributed by atoms with Crippen molar-refractivity contribution in [1.29, 1.82) is 0 Å². The second kappa shape index (κ2) is 9.13. The smallest absolute Gasteiger partial charge is 0.261 e. The minimum Gasteiger partial charge on any atom is -0.379 e. The number of carbonyl (C=O) groups is 1. The highest BCUT2D eigenvalue weighted by molar-refractivity contribution is 6.08. The van der Waals surface area contributed by atoms with Gasteiger partial charge < -0.3 is 10.1 Å². The number of aryl methyl sites for hydroxylation is 2. The summed E-state index contributed by atoms with van der Waals surface area (Å²) in [6.45, 7) is 9.00. The number of morpholine rings is 1. The van der Waals surface area contributed by atoms with Gasteiger partial charge >= 0.3 is 0 Å². The van der Waals surface area contributed by atoms with Crippen LogP contribution in [0.1, 0.15) is 28.5 Å². The molecular formula is C24H27N7O2. The Morgan fingerprint density at radius 1 is 1.21 bits per heavy atom. The van der Waals surface area contributed by atoms with Gasteiger partial charge in [-0.1, -0.05) is 12.1 Å². The number of nitrogens with zero attached hydrogens (tertiary/aromatic N) is 6. The molecule has 170 valence electrons. The Hall–Kier alpha value is -3.56. The zero-order chi connectivity index (χ0) is 22.8. The van der Waals surface area contributed by atoms with Crippen LogP contribution in [0.3, 0.4) is 0 Å². The fourth-order valence-corrected chi connectivity index (χ4v) is 4.15. The van der Waals surface area contributed by atoms with Gasteiger partial charge in [-0.2, -0.15) is 10.2 Å². The van der Waals surface area contributed by atoms with Crippen molar-refractivity contribution in [3.8, 4) is 11.3 Å². The molecule has 1 aliphatic heterocycles. The molecule has 9 heteroatoms. The molecule has 1 N–H and O–H groups in total. The van der Waals surface area contributed by atoms with Gasteiger partial charge in [0.25, 0.3) is 5.91 Å². The number of aromatic nitrogens is 5. The van der Waals surface area contributed by atoms with Crippen molar-refractivity contribution >= 4 is 17.2 Å². The third-order valence-corrected chi connectivity index (χ3v) is 5.89. The van der Waals surface area contributed by atoms with Crippen LogP contribution in [0.15, 0.2) is 48.9 Å². The first-order chi connectivity index (χ1) is 16.1. The van der Waals surface area contributed by atoms with Crippen LogP contribution in [0.25, 0.3) is 16.9 Å². The third-order valence-electron chi connectivity index (χ3n) is 5.89. The van der Waals surface area contributed by atoms with Gasteiger partial charge in [-0.25, -0.2) is 9.50 Å². The van der Waals surface area contributed by atoms with Crippen molar-refractivity contribution in [3.05, 3.63) is 65.7 Å². The molecule has 0 saturated carbocycles. The molecule has 1 amide bonds. The van der Waals surface area contributed by atoms with Gasteiger partial charge in [0.15, 0.2) is 5.65 Å². The molecule has 33 heavy (non-hydrogen) atoms. The third kappa shape index (κ3) is 4.37. The predicted octanol–water partition coefficient (Wildman–Crippen LogP) is 3.01. The molecular weight excluding hydrogens is 418 g/mol. The van der Waals surface area contributed by atoms with E-state index >= 15 is 0 Å². The molecule has 0 bridgehead atoms. The Kier molecular flexibility index (Phi) is 5.89. The Bertz CT molecular complexity index is 1290. The van der Waals surface area contributed by atoms with E-state index in [0.29, 0.717) is 11.2 Å². The first-order valence-electron chi connectivity index (χ1n) is 11.2. The lowest BCUT2D eigenvalue weighted by molar-refractivity contribution is 0.0342. The molecule has 4 heterocycles. The molecule has 1 saturated heterocycles. The average molecular weight is 446 g/mol. The standard InChI is InChI=1S/C24H27N7O2/c1-3-30-16-21(17(2)28-30)22-7-8-25-23-20(14-26-31(22)23)24(32)27-19-6-4-5-18(13-19)15-29-9-11-33-12-10-29/h4-8,13-14,16H,3,9-12,15H2,1-2H3,(H,27,32). The van der Waals surface area contributed by atoms with Gasteiger partial charge in [0.2, 0.25) is 0 Å².